The number of likely N-dealkylation sites (tertiary alicyclic amines) is 1. The standard InChI is InChI=1S/C22H21ClFN3O2/c1-14-19(29-20-10-9-15(23)13-26-20)8-4-12-27(14)22(28)16-5-2-6-17(24)21(16)18-7-3-11-25-18/h2-3,5-7,9-11,13-14,19,25H,4,8,12H2,1H3/t14-,19+/m0/s1. The van der Waals surface area contributed by atoms with E-state index in [9.17, 15) is 9.18 Å². The highest BCUT2D eigenvalue weighted by Gasteiger charge is 2.34. The van der Waals surface area contributed by atoms with Crippen molar-refractivity contribution < 1.29 is 13.9 Å². The van der Waals surface area contributed by atoms with E-state index < -0.39 is 5.82 Å². The summed E-state index contributed by atoms with van der Waals surface area (Å²) < 4.78 is 20.6. The highest BCUT2D eigenvalue weighted by molar-refractivity contribution is 6.30. The first-order chi connectivity index (χ1) is 14.0. The van der Waals surface area contributed by atoms with Gasteiger partial charge in [0.1, 0.15) is 11.9 Å². The lowest BCUT2D eigenvalue weighted by Gasteiger charge is -2.39. The summed E-state index contributed by atoms with van der Waals surface area (Å²) in [4.78, 5) is 22.3. The van der Waals surface area contributed by atoms with Crippen molar-refractivity contribution in [3.63, 3.8) is 0 Å². The number of nitrogens with zero attached hydrogens (tertiary/aromatic N) is 2. The predicted octanol–water partition coefficient (Wildman–Crippen LogP) is 4.94. The third-order valence-electron chi connectivity index (χ3n) is 5.26. The fourth-order valence-corrected chi connectivity index (χ4v) is 3.87. The van der Waals surface area contributed by atoms with Gasteiger partial charge >= 0.3 is 0 Å². The Hall–Kier alpha value is -2.86. The molecule has 2 atom stereocenters. The molecule has 1 amide bonds. The van der Waals surface area contributed by atoms with Crippen LogP contribution in [0.25, 0.3) is 11.3 Å². The number of nitrogens with one attached hydrogen (secondary N) is 1. The van der Waals surface area contributed by atoms with Crippen LogP contribution >= 0.6 is 11.6 Å². The molecule has 3 heterocycles. The van der Waals surface area contributed by atoms with Crippen LogP contribution in [0.3, 0.4) is 0 Å². The van der Waals surface area contributed by atoms with Crippen molar-refractivity contribution in [1.82, 2.24) is 14.9 Å². The molecule has 1 aliphatic heterocycles. The number of piperidine rings is 1. The third kappa shape index (κ3) is 3.98. The summed E-state index contributed by atoms with van der Waals surface area (Å²) in [6, 6.07) is 11.4. The Balaban J connectivity index is 1.59. The van der Waals surface area contributed by atoms with E-state index in [0.717, 1.165) is 12.8 Å². The molecule has 0 spiro atoms. The van der Waals surface area contributed by atoms with E-state index in [4.69, 9.17) is 16.3 Å². The van der Waals surface area contributed by atoms with Crippen LogP contribution < -0.4 is 4.74 Å². The lowest BCUT2D eigenvalue weighted by molar-refractivity contribution is 0.0266. The minimum Gasteiger partial charge on any atom is -0.472 e. The Morgan fingerprint density at radius 2 is 2.14 bits per heavy atom. The van der Waals surface area contributed by atoms with Crippen molar-refractivity contribution >= 4 is 17.5 Å². The second-order valence-electron chi connectivity index (χ2n) is 7.10. The maximum absolute atomic E-state index is 14.6. The summed E-state index contributed by atoms with van der Waals surface area (Å²) in [5.41, 5.74) is 1.20. The van der Waals surface area contributed by atoms with Gasteiger partial charge < -0.3 is 14.6 Å². The molecule has 0 unspecified atom stereocenters. The van der Waals surface area contributed by atoms with Gasteiger partial charge in [0, 0.05) is 36.3 Å². The van der Waals surface area contributed by atoms with E-state index in [0.29, 0.717) is 28.7 Å². The van der Waals surface area contributed by atoms with Crippen molar-refractivity contribution in [2.45, 2.75) is 31.9 Å². The van der Waals surface area contributed by atoms with Gasteiger partial charge in [0.2, 0.25) is 5.88 Å². The lowest BCUT2D eigenvalue weighted by atomic mass is 9.96. The van der Waals surface area contributed by atoms with Crippen molar-refractivity contribution in [1.29, 1.82) is 0 Å². The van der Waals surface area contributed by atoms with Crippen LogP contribution in [0.5, 0.6) is 5.88 Å². The van der Waals surface area contributed by atoms with Gasteiger partial charge in [-0.15, -0.1) is 0 Å². The third-order valence-corrected chi connectivity index (χ3v) is 5.49. The van der Waals surface area contributed by atoms with Crippen LogP contribution in [0.4, 0.5) is 4.39 Å². The first-order valence-electron chi connectivity index (χ1n) is 9.56. The number of rotatable bonds is 4. The van der Waals surface area contributed by atoms with Crippen molar-refractivity contribution in [3.05, 3.63) is 71.3 Å². The molecule has 0 saturated carbocycles. The van der Waals surface area contributed by atoms with E-state index in [-0.39, 0.29) is 23.6 Å². The molecule has 7 heteroatoms. The summed E-state index contributed by atoms with van der Waals surface area (Å²) in [7, 11) is 0. The van der Waals surface area contributed by atoms with Crippen molar-refractivity contribution in [2.24, 2.45) is 0 Å². The zero-order valence-electron chi connectivity index (χ0n) is 15.9. The average Bonchev–Trinajstić information content (AvgIpc) is 3.25. The number of H-pyrrole nitrogens is 1. The van der Waals surface area contributed by atoms with Crippen LogP contribution in [0.1, 0.15) is 30.1 Å². The number of carbonyl (C=O) groups excluding carboxylic acids is 1. The fraction of sp³-hybridized carbons (Fsp3) is 0.273. The van der Waals surface area contributed by atoms with E-state index >= 15 is 0 Å². The van der Waals surface area contributed by atoms with E-state index in [1.54, 1.807) is 47.5 Å². The Bertz CT molecular complexity index is 992. The molecule has 2 aromatic heterocycles. The number of halogens is 2. The first-order valence-corrected chi connectivity index (χ1v) is 9.94. The van der Waals surface area contributed by atoms with E-state index in [1.807, 2.05) is 6.92 Å². The molecular formula is C22H21ClFN3O2. The smallest absolute Gasteiger partial charge is 0.255 e. The molecule has 0 bridgehead atoms. The zero-order valence-corrected chi connectivity index (χ0v) is 16.7. The van der Waals surface area contributed by atoms with Gasteiger partial charge in [0.25, 0.3) is 5.91 Å². The summed E-state index contributed by atoms with van der Waals surface area (Å²) in [5, 5.41) is 0.536. The molecule has 0 aliphatic carbocycles. The van der Waals surface area contributed by atoms with Crippen LogP contribution in [0.2, 0.25) is 5.02 Å². The average molecular weight is 414 g/mol. The lowest BCUT2D eigenvalue weighted by Crippen LogP contribution is -2.51. The normalized spacial score (nSPS) is 19.2. The highest BCUT2D eigenvalue weighted by atomic mass is 35.5. The van der Waals surface area contributed by atoms with Gasteiger partial charge in [0.15, 0.2) is 0 Å². The predicted molar refractivity (Wildman–Crippen MR) is 110 cm³/mol. The number of pyridine rings is 1. The zero-order chi connectivity index (χ0) is 20.4. The molecule has 29 heavy (non-hydrogen) atoms. The van der Waals surface area contributed by atoms with Gasteiger partial charge in [-0.25, -0.2) is 9.37 Å². The number of carbonyl (C=O) groups is 1. The van der Waals surface area contributed by atoms with Crippen LogP contribution in [0, 0.1) is 5.82 Å². The van der Waals surface area contributed by atoms with Crippen LogP contribution in [0.15, 0.2) is 54.9 Å². The van der Waals surface area contributed by atoms with Gasteiger partial charge in [-0.05, 0) is 50.1 Å². The van der Waals surface area contributed by atoms with Crippen molar-refractivity contribution in [2.75, 3.05) is 6.54 Å². The van der Waals surface area contributed by atoms with Crippen LogP contribution in [-0.2, 0) is 0 Å². The molecule has 150 valence electrons. The molecule has 1 N–H and O–H groups in total. The monoisotopic (exact) mass is 413 g/mol. The summed E-state index contributed by atoms with van der Waals surface area (Å²) in [5.74, 6) is -0.168. The quantitative estimate of drug-likeness (QED) is 0.659. The Labute approximate surface area is 173 Å². The molecule has 4 rings (SSSR count). The largest absolute Gasteiger partial charge is 0.472 e. The number of hydrogen-bond donors (Lipinski definition) is 1. The van der Waals surface area contributed by atoms with Gasteiger partial charge in [0.05, 0.1) is 16.6 Å². The van der Waals surface area contributed by atoms with Gasteiger partial charge in [-0.1, -0.05) is 17.7 Å². The topological polar surface area (TPSA) is 58.2 Å². The maximum atomic E-state index is 14.6. The van der Waals surface area contributed by atoms with E-state index in [1.165, 1.54) is 12.3 Å². The summed E-state index contributed by atoms with van der Waals surface area (Å²) in [6.07, 6.45) is 4.64. The minimum atomic E-state index is -0.430. The second-order valence-corrected chi connectivity index (χ2v) is 7.53. The fourth-order valence-electron chi connectivity index (χ4n) is 3.76. The van der Waals surface area contributed by atoms with Gasteiger partial charge in [-0.2, -0.15) is 0 Å². The number of ether oxygens (including phenoxy) is 1. The SMILES string of the molecule is C[C@H]1[C@H](Oc2ccc(Cl)cn2)CCCN1C(=O)c1cccc(F)c1-c1ccc[nH]1. The molecule has 5 nitrogen and oxygen atoms in total. The maximum Gasteiger partial charge on any atom is 0.255 e. The molecule has 1 aliphatic rings. The molecule has 0 radical (unpaired) electrons. The highest BCUT2D eigenvalue weighted by Crippen LogP contribution is 2.30. The number of aromatic amines is 1. The molecule has 3 aromatic rings. The Morgan fingerprint density at radius 3 is 2.86 bits per heavy atom. The second kappa shape index (κ2) is 8.25. The number of hydrogen-bond acceptors (Lipinski definition) is 3. The molecule has 1 aromatic carbocycles. The Morgan fingerprint density at radius 1 is 1.28 bits per heavy atom. The molecule has 1 saturated heterocycles. The van der Waals surface area contributed by atoms with Gasteiger partial charge in [-0.3, -0.25) is 4.79 Å². The number of amides is 1. The summed E-state index contributed by atoms with van der Waals surface area (Å²) in [6.45, 7) is 2.54. The minimum absolute atomic E-state index is 0.187. The van der Waals surface area contributed by atoms with E-state index in [2.05, 4.69) is 9.97 Å². The number of aromatic nitrogens is 2. The molecule has 1 fully saturated rings. The van der Waals surface area contributed by atoms with Crippen molar-refractivity contribution in [3.8, 4) is 17.1 Å². The Kier molecular flexibility index (Phi) is 5.53. The number of benzene rings is 1. The summed E-state index contributed by atoms with van der Waals surface area (Å²) >= 11 is 5.88. The first kappa shape index (κ1) is 19.5. The van der Waals surface area contributed by atoms with Crippen LogP contribution in [-0.4, -0.2) is 39.5 Å². The molecular weight excluding hydrogens is 393 g/mol.